The maximum absolute atomic E-state index is 10.5. The number of ether oxygens (including phenoxy) is 1. The van der Waals surface area contributed by atoms with Crippen LogP contribution in [0.1, 0.15) is 29.2 Å². The minimum Gasteiger partial charge on any atom is -0.497 e. The molecule has 0 aromatic heterocycles. The van der Waals surface area contributed by atoms with Crippen molar-refractivity contribution in [2.24, 2.45) is 0 Å². The summed E-state index contributed by atoms with van der Waals surface area (Å²) in [5.41, 5.74) is 4.70. The molecule has 1 atom stereocenters. The normalized spacial score (nSPS) is 14.4. The number of nitrogens with one attached hydrogen (secondary N) is 1. The van der Waals surface area contributed by atoms with Crippen LogP contribution in [0.5, 0.6) is 5.75 Å². The maximum Gasteiger partial charge on any atom is 0.118 e. The van der Waals surface area contributed by atoms with Crippen LogP contribution in [-0.4, -0.2) is 18.8 Å². The lowest BCUT2D eigenvalue weighted by molar-refractivity contribution is 0.168. The van der Waals surface area contributed by atoms with Gasteiger partial charge in [0.1, 0.15) is 5.75 Å². The number of para-hydroxylation sites is 1. The molecule has 0 amide bonds. The molecule has 1 aliphatic rings. The van der Waals surface area contributed by atoms with Gasteiger partial charge >= 0.3 is 0 Å². The summed E-state index contributed by atoms with van der Waals surface area (Å²) in [5, 5.41) is 13.9. The van der Waals surface area contributed by atoms with Gasteiger partial charge in [-0.15, -0.1) is 0 Å². The highest BCUT2D eigenvalue weighted by Gasteiger charge is 2.18. The van der Waals surface area contributed by atoms with E-state index in [1.54, 1.807) is 7.11 Å². The molecule has 0 fully saturated rings. The number of fused-ring (bicyclic) bond motifs is 1. The van der Waals surface area contributed by atoms with Crippen molar-refractivity contribution >= 4 is 5.69 Å². The fourth-order valence-electron chi connectivity index (χ4n) is 2.89. The summed E-state index contributed by atoms with van der Waals surface area (Å²) in [6, 6.07) is 14.2. The minimum atomic E-state index is -0.423. The number of aliphatic hydroxyl groups is 1. The number of rotatable bonds is 5. The molecule has 0 saturated heterocycles. The Labute approximate surface area is 125 Å². The number of aryl methyl sites for hydroxylation is 1. The highest BCUT2D eigenvalue weighted by Crippen LogP contribution is 2.32. The van der Waals surface area contributed by atoms with Crippen molar-refractivity contribution in [2.75, 3.05) is 19.0 Å². The Hall–Kier alpha value is -2.00. The van der Waals surface area contributed by atoms with Crippen LogP contribution in [0.15, 0.2) is 42.5 Å². The van der Waals surface area contributed by atoms with Gasteiger partial charge in [0.15, 0.2) is 0 Å². The first-order valence-corrected chi connectivity index (χ1v) is 7.44. The molecule has 1 heterocycles. The second-order valence-electron chi connectivity index (χ2n) is 5.46. The molecular weight excluding hydrogens is 262 g/mol. The maximum atomic E-state index is 10.5. The van der Waals surface area contributed by atoms with Gasteiger partial charge in [-0.3, -0.25) is 0 Å². The van der Waals surface area contributed by atoms with Gasteiger partial charge in [-0.05, 0) is 42.5 Å². The summed E-state index contributed by atoms with van der Waals surface area (Å²) >= 11 is 0. The number of hydrogen-bond donors (Lipinski definition) is 2. The number of methoxy groups -OCH3 is 1. The Morgan fingerprint density at radius 1 is 1.19 bits per heavy atom. The van der Waals surface area contributed by atoms with Crippen molar-refractivity contribution in [2.45, 2.75) is 25.4 Å². The summed E-state index contributed by atoms with van der Waals surface area (Å²) in [6.07, 6.45) is 2.21. The second kappa shape index (κ2) is 6.19. The largest absolute Gasteiger partial charge is 0.497 e. The lowest BCUT2D eigenvalue weighted by Gasteiger charge is -2.15. The second-order valence-corrected chi connectivity index (χ2v) is 5.46. The first-order valence-electron chi connectivity index (χ1n) is 7.44. The third-order valence-electron chi connectivity index (χ3n) is 4.10. The molecule has 3 heteroatoms. The lowest BCUT2D eigenvalue weighted by atomic mass is 9.98. The number of aliphatic hydroxyl groups excluding tert-OH is 1. The van der Waals surface area contributed by atoms with Crippen LogP contribution in [0.4, 0.5) is 5.69 Å². The highest BCUT2D eigenvalue weighted by atomic mass is 16.5. The van der Waals surface area contributed by atoms with Crippen molar-refractivity contribution in [1.82, 2.24) is 0 Å². The first kappa shape index (κ1) is 14.0. The molecule has 0 aliphatic carbocycles. The Bertz CT molecular complexity index is 607. The van der Waals surface area contributed by atoms with Crippen LogP contribution in [0, 0.1) is 0 Å². The van der Waals surface area contributed by atoms with Gasteiger partial charge in [0.2, 0.25) is 0 Å². The van der Waals surface area contributed by atoms with Gasteiger partial charge in [-0.25, -0.2) is 0 Å². The molecular formula is C18H21NO2. The van der Waals surface area contributed by atoms with Gasteiger partial charge in [0.25, 0.3) is 0 Å². The molecule has 1 aliphatic heterocycles. The van der Waals surface area contributed by atoms with E-state index in [0.29, 0.717) is 0 Å². The summed E-state index contributed by atoms with van der Waals surface area (Å²) in [4.78, 5) is 0. The molecule has 2 aromatic rings. The fraction of sp³-hybridized carbons (Fsp3) is 0.333. The minimum absolute atomic E-state index is 0.423. The van der Waals surface area contributed by atoms with E-state index in [9.17, 15) is 5.11 Å². The smallest absolute Gasteiger partial charge is 0.118 e. The molecule has 110 valence electrons. The summed E-state index contributed by atoms with van der Waals surface area (Å²) in [6.45, 7) is 0.970. The lowest BCUT2D eigenvalue weighted by Crippen LogP contribution is -2.03. The number of benzene rings is 2. The Balaban J connectivity index is 1.66. The molecule has 0 saturated carbocycles. The fourth-order valence-corrected chi connectivity index (χ4v) is 2.89. The quantitative estimate of drug-likeness (QED) is 0.884. The van der Waals surface area contributed by atoms with E-state index in [0.717, 1.165) is 42.8 Å². The zero-order chi connectivity index (χ0) is 14.7. The average Bonchev–Trinajstić information content (AvgIpc) is 3.01. The van der Waals surface area contributed by atoms with Crippen molar-refractivity contribution in [1.29, 1.82) is 0 Å². The van der Waals surface area contributed by atoms with E-state index in [1.165, 1.54) is 11.1 Å². The molecule has 2 N–H and O–H groups in total. The molecule has 1 unspecified atom stereocenters. The van der Waals surface area contributed by atoms with Gasteiger partial charge in [0, 0.05) is 17.8 Å². The van der Waals surface area contributed by atoms with Crippen LogP contribution < -0.4 is 10.1 Å². The van der Waals surface area contributed by atoms with Crippen LogP contribution >= 0.6 is 0 Å². The third kappa shape index (κ3) is 3.03. The average molecular weight is 283 g/mol. The van der Waals surface area contributed by atoms with Crippen molar-refractivity contribution in [3.05, 3.63) is 59.2 Å². The Kier molecular flexibility index (Phi) is 4.11. The van der Waals surface area contributed by atoms with Crippen LogP contribution in [-0.2, 0) is 12.8 Å². The van der Waals surface area contributed by atoms with Gasteiger partial charge < -0.3 is 15.2 Å². The predicted molar refractivity (Wildman–Crippen MR) is 84.9 cm³/mol. The zero-order valence-corrected chi connectivity index (χ0v) is 12.3. The summed E-state index contributed by atoms with van der Waals surface area (Å²) in [7, 11) is 1.67. The number of anilines is 1. The zero-order valence-electron chi connectivity index (χ0n) is 12.3. The van der Waals surface area contributed by atoms with E-state index in [4.69, 9.17) is 4.74 Å². The van der Waals surface area contributed by atoms with Crippen LogP contribution in [0.25, 0.3) is 0 Å². The van der Waals surface area contributed by atoms with Crippen molar-refractivity contribution in [3.8, 4) is 5.75 Å². The third-order valence-corrected chi connectivity index (χ3v) is 4.10. The van der Waals surface area contributed by atoms with Gasteiger partial charge in [-0.1, -0.05) is 30.3 Å². The van der Waals surface area contributed by atoms with E-state index in [1.807, 2.05) is 24.3 Å². The molecule has 21 heavy (non-hydrogen) atoms. The van der Waals surface area contributed by atoms with E-state index in [-0.39, 0.29) is 0 Å². The summed E-state index contributed by atoms with van der Waals surface area (Å²) in [5.74, 6) is 0.865. The molecule has 0 bridgehead atoms. The SMILES string of the molecule is COc1ccc(CCC(O)c2cccc3c2NCC3)cc1. The van der Waals surface area contributed by atoms with Gasteiger partial charge in [0.05, 0.1) is 13.2 Å². The van der Waals surface area contributed by atoms with Crippen LogP contribution in [0.3, 0.4) is 0 Å². The monoisotopic (exact) mass is 283 g/mol. The Morgan fingerprint density at radius 2 is 2.00 bits per heavy atom. The van der Waals surface area contributed by atoms with E-state index < -0.39 is 6.10 Å². The predicted octanol–water partition coefficient (Wildman–Crippen LogP) is 3.33. The van der Waals surface area contributed by atoms with Crippen molar-refractivity contribution in [3.63, 3.8) is 0 Å². The highest BCUT2D eigenvalue weighted by molar-refractivity contribution is 5.61. The molecule has 0 spiro atoms. The molecule has 3 rings (SSSR count). The summed E-state index contributed by atoms with van der Waals surface area (Å²) < 4.78 is 5.16. The molecule has 3 nitrogen and oxygen atoms in total. The van der Waals surface area contributed by atoms with Crippen molar-refractivity contribution < 1.29 is 9.84 Å². The Morgan fingerprint density at radius 3 is 2.76 bits per heavy atom. The van der Waals surface area contributed by atoms with E-state index >= 15 is 0 Å². The molecule has 2 aromatic carbocycles. The first-order chi connectivity index (χ1) is 10.3. The molecule has 0 radical (unpaired) electrons. The number of hydrogen-bond acceptors (Lipinski definition) is 3. The topological polar surface area (TPSA) is 41.5 Å². The standard InChI is InChI=1S/C18H21NO2/c1-21-15-8-5-13(6-9-15)7-10-17(20)16-4-2-3-14-11-12-19-18(14)16/h2-6,8-9,17,19-20H,7,10-12H2,1H3. The van der Waals surface area contributed by atoms with Gasteiger partial charge in [-0.2, -0.15) is 0 Å². The van der Waals surface area contributed by atoms with E-state index in [2.05, 4.69) is 23.5 Å². The van der Waals surface area contributed by atoms with Crippen LogP contribution in [0.2, 0.25) is 0 Å².